The molecule has 1 aromatic heterocycles. The van der Waals surface area contributed by atoms with Crippen molar-refractivity contribution in [3.63, 3.8) is 0 Å². The number of aromatic nitrogens is 2. The molecule has 19 heavy (non-hydrogen) atoms. The molecule has 1 aromatic carbocycles. The number of sulfonamides is 1. The summed E-state index contributed by atoms with van der Waals surface area (Å²) in [4.78, 5) is 0.166. The van der Waals surface area contributed by atoms with Gasteiger partial charge in [0.2, 0.25) is 0 Å². The molecule has 3 rings (SSSR count). The Kier molecular flexibility index (Phi) is 2.53. The molecule has 0 unspecified atom stereocenters. The molecule has 2 aromatic rings. The molecule has 0 amide bonds. The summed E-state index contributed by atoms with van der Waals surface area (Å²) >= 11 is 0. The first-order valence-electron chi connectivity index (χ1n) is 5.90. The van der Waals surface area contributed by atoms with E-state index < -0.39 is 10.0 Å². The minimum atomic E-state index is -3.55. The SMILES string of the molecule is Cc1cc2c(cc1N)N(S(=O)(=O)c1cn[nH]c1)CC2. The van der Waals surface area contributed by atoms with Crippen LogP contribution in [-0.2, 0) is 16.4 Å². The third-order valence-corrected chi connectivity index (χ3v) is 5.16. The number of nitrogens with zero attached hydrogens (tertiary/aromatic N) is 2. The van der Waals surface area contributed by atoms with Gasteiger partial charge in [-0.2, -0.15) is 5.10 Å². The first-order valence-corrected chi connectivity index (χ1v) is 7.34. The lowest BCUT2D eigenvalue weighted by Crippen LogP contribution is -2.28. The number of hydrogen-bond donors (Lipinski definition) is 2. The number of nitrogen functional groups attached to an aromatic ring is 1. The lowest BCUT2D eigenvalue weighted by molar-refractivity contribution is 0.592. The van der Waals surface area contributed by atoms with Gasteiger partial charge < -0.3 is 5.73 Å². The molecule has 0 atom stereocenters. The number of hydrogen-bond acceptors (Lipinski definition) is 4. The Bertz CT molecular complexity index is 722. The Hall–Kier alpha value is -2.02. The summed E-state index contributed by atoms with van der Waals surface area (Å²) in [7, 11) is -3.55. The first-order chi connectivity index (χ1) is 9.00. The topological polar surface area (TPSA) is 92.1 Å². The van der Waals surface area contributed by atoms with Crippen LogP contribution in [0.3, 0.4) is 0 Å². The van der Waals surface area contributed by atoms with Crippen molar-refractivity contribution < 1.29 is 8.42 Å². The maximum Gasteiger partial charge on any atom is 0.267 e. The highest BCUT2D eigenvalue weighted by Crippen LogP contribution is 2.35. The predicted octanol–water partition coefficient (Wildman–Crippen LogP) is 1.05. The maximum atomic E-state index is 12.5. The van der Waals surface area contributed by atoms with Crippen molar-refractivity contribution in [1.82, 2.24) is 10.2 Å². The zero-order valence-corrected chi connectivity index (χ0v) is 11.2. The number of anilines is 2. The Morgan fingerprint density at radius 1 is 1.42 bits per heavy atom. The van der Waals surface area contributed by atoms with Crippen LogP contribution in [0, 0.1) is 6.92 Å². The van der Waals surface area contributed by atoms with Crippen molar-refractivity contribution in [2.45, 2.75) is 18.2 Å². The highest BCUT2D eigenvalue weighted by atomic mass is 32.2. The van der Waals surface area contributed by atoms with E-state index in [9.17, 15) is 8.42 Å². The molecule has 3 N–H and O–H groups in total. The van der Waals surface area contributed by atoms with Gasteiger partial charge in [0.15, 0.2) is 0 Å². The van der Waals surface area contributed by atoms with E-state index in [2.05, 4.69) is 10.2 Å². The van der Waals surface area contributed by atoms with Gasteiger partial charge in [-0.3, -0.25) is 9.40 Å². The number of benzene rings is 1. The maximum absolute atomic E-state index is 12.5. The summed E-state index contributed by atoms with van der Waals surface area (Å²) in [5.74, 6) is 0. The standard InChI is InChI=1S/C12H14N4O2S/c1-8-4-9-2-3-16(12(9)5-11(8)13)19(17,18)10-6-14-15-7-10/h4-7H,2-3,13H2,1H3,(H,14,15). The molecular formula is C12H14N4O2S. The first kappa shape index (κ1) is 12.0. The van der Waals surface area contributed by atoms with Gasteiger partial charge in [0.1, 0.15) is 4.90 Å². The highest BCUT2D eigenvalue weighted by molar-refractivity contribution is 7.92. The van der Waals surface area contributed by atoms with Gasteiger partial charge in [0.05, 0.1) is 11.9 Å². The van der Waals surface area contributed by atoms with Crippen molar-refractivity contribution >= 4 is 21.4 Å². The number of fused-ring (bicyclic) bond motifs is 1. The molecule has 1 aliphatic heterocycles. The predicted molar refractivity (Wildman–Crippen MR) is 72.4 cm³/mol. The van der Waals surface area contributed by atoms with Gasteiger partial charge in [-0.1, -0.05) is 6.07 Å². The van der Waals surface area contributed by atoms with Crippen LogP contribution >= 0.6 is 0 Å². The number of rotatable bonds is 2. The van der Waals surface area contributed by atoms with Crippen molar-refractivity contribution in [2.75, 3.05) is 16.6 Å². The van der Waals surface area contributed by atoms with Crippen LogP contribution in [0.4, 0.5) is 11.4 Å². The Morgan fingerprint density at radius 2 is 2.21 bits per heavy atom. The third-order valence-electron chi connectivity index (χ3n) is 3.38. The molecule has 6 nitrogen and oxygen atoms in total. The number of H-pyrrole nitrogens is 1. The largest absolute Gasteiger partial charge is 0.398 e. The molecule has 2 heterocycles. The monoisotopic (exact) mass is 278 g/mol. The van der Waals surface area contributed by atoms with Crippen molar-refractivity contribution in [3.8, 4) is 0 Å². The van der Waals surface area contributed by atoms with E-state index in [-0.39, 0.29) is 4.90 Å². The average molecular weight is 278 g/mol. The lowest BCUT2D eigenvalue weighted by atomic mass is 10.1. The summed E-state index contributed by atoms with van der Waals surface area (Å²) in [6, 6.07) is 3.69. The van der Waals surface area contributed by atoms with Crippen LogP contribution in [-0.4, -0.2) is 25.2 Å². The minimum absolute atomic E-state index is 0.166. The average Bonchev–Trinajstić information content (AvgIpc) is 2.98. The van der Waals surface area contributed by atoms with Crippen LogP contribution in [0.2, 0.25) is 0 Å². The van der Waals surface area contributed by atoms with Gasteiger partial charge in [0, 0.05) is 18.4 Å². The fourth-order valence-corrected chi connectivity index (χ4v) is 3.71. The van der Waals surface area contributed by atoms with Crippen molar-refractivity contribution in [1.29, 1.82) is 0 Å². The minimum Gasteiger partial charge on any atom is -0.398 e. The van der Waals surface area contributed by atoms with Gasteiger partial charge in [-0.25, -0.2) is 8.42 Å². The summed E-state index contributed by atoms with van der Waals surface area (Å²) in [5.41, 5.74) is 9.14. The van der Waals surface area contributed by atoms with Gasteiger partial charge in [0.25, 0.3) is 10.0 Å². The number of aryl methyl sites for hydroxylation is 1. The molecule has 0 fully saturated rings. The molecule has 7 heteroatoms. The Balaban J connectivity index is 2.11. The molecule has 0 radical (unpaired) electrons. The lowest BCUT2D eigenvalue weighted by Gasteiger charge is -2.19. The van der Waals surface area contributed by atoms with E-state index >= 15 is 0 Å². The van der Waals surface area contributed by atoms with Crippen LogP contribution in [0.25, 0.3) is 0 Å². The Labute approximate surface area is 111 Å². The summed E-state index contributed by atoms with van der Waals surface area (Å²) in [6.07, 6.45) is 3.39. The Morgan fingerprint density at radius 3 is 2.89 bits per heavy atom. The van der Waals surface area contributed by atoms with Gasteiger partial charge in [-0.15, -0.1) is 0 Å². The van der Waals surface area contributed by atoms with E-state index in [0.717, 1.165) is 11.1 Å². The fraction of sp³-hybridized carbons (Fsp3) is 0.250. The van der Waals surface area contributed by atoms with Gasteiger partial charge >= 0.3 is 0 Å². The summed E-state index contributed by atoms with van der Waals surface area (Å²) < 4.78 is 26.4. The highest BCUT2D eigenvalue weighted by Gasteiger charge is 2.31. The molecule has 0 saturated heterocycles. The summed E-state index contributed by atoms with van der Waals surface area (Å²) in [6.45, 7) is 2.36. The van der Waals surface area contributed by atoms with Crippen LogP contribution in [0.15, 0.2) is 29.4 Å². The molecule has 0 aliphatic carbocycles. The number of nitrogens with one attached hydrogen (secondary N) is 1. The normalized spacial score (nSPS) is 14.7. The molecule has 0 spiro atoms. The van der Waals surface area contributed by atoms with Gasteiger partial charge in [-0.05, 0) is 30.5 Å². The van der Waals surface area contributed by atoms with Crippen LogP contribution in [0.5, 0.6) is 0 Å². The smallest absolute Gasteiger partial charge is 0.267 e. The second-order valence-corrected chi connectivity index (χ2v) is 6.46. The van der Waals surface area contributed by atoms with E-state index in [1.54, 1.807) is 6.07 Å². The van der Waals surface area contributed by atoms with Crippen LogP contribution in [0.1, 0.15) is 11.1 Å². The van der Waals surface area contributed by atoms with E-state index in [1.807, 2.05) is 13.0 Å². The quantitative estimate of drug-likeness (QED) is 0.803. The zero-order valence-electron chi connectivity index (χ0n) is 10.4. The summed E-state index contributed by atoms with van der Waals surface area (Å²) in [5, 5.41) is 6.22. The van der Waals surface area contributed by atoms with E-state index in [1.165, 1.54) is 16.7 Å². The molecular weight excluding hydrogens is 264 g/mol. The molecule has 0 saturated carbocycles. The van der Waals surface area contributed by atoms with E-state index in [4.69, 9.17) is 5.73 Å². The zero-order chi connectivity index (χ0) is 13.6. The molecule has 0 bridgehead atoms. The van der Waals surface area contributed by atoms with Crippen molar-refractivity contribution in [2.24, 2.45) is 0 Å². The molecule has 1 aliphatic rings. The number of nitrogens with two attached hydrogens (primary N) is 1. The second-order valence-electron chi connectivity index (χ2n) is 4.60. The third kappa shape index (κ3) is 1.77. The fourth-order valence-electron chi connectivity index (χ4n) is 2.30. The van der Waals surface area contributed by atoms with Crippen LogP contribution < -0.4 is 10.0 Å². The second kappa shape index (κ2) is 3.99. The molecule has 100 valence electrons. The van der Waals surface area contributed by atoms with E-state index in [0.29, 0.717) is 24.3 Å². The van der Waals surface area contributed by atoms with Crippen molar-refractivity contribution in [3.05, 3.63) is 35.7 Å². The number of aromatic amines is 1.